The van der Waals surface area contributed by atoms with Crippen molar-refractivity contribution in [3.05, 3.63) is 29.8 Å². The lowest BCUT2D eigenvalue weighted by atomic mass is 10.1. The van der Waals surface area contributed by atoms with Gasteiger partial charge in [-0.25, -0.2) is 0 Å². The van der Waals surface area contributed by atoms with Crippen LogP contribution in [0, 0.1) is 12.8 Å². The Morgan fingerprint density at radius 1 is 1.33 bits per heavy atom. The molecule has 1 heterocycles. The van der Waals surface area contributed by atoms with E-state index in [0.29, 0.717) is 11.7 Å². The van der Waals surface area contributed by atoms with Crippen LogP contribution in [0.3, 0.4) is 0 Å². The minimum absolute atomic E-state index is 0.0448. The molecule has 0 unspecified atom stereocenters. The predicted octanol–water partition coefficient (Wildman–Crippen LogP) is 3.53. The van der Waals surface area contributed by atoms with Crippen molar-refractivity contribution < 1.29 is 4.79 Å². The molecule has 24 heavy (non-hydrogen) atoms. The third-order valence-corrected chi connectivity index (χ3v) is 4.65. The van der Waals surface area contributed by atoms with E-state index in [2.05, 4.69) is 59.9 Å². The molecular formula is C18H26N4OS. The normalized spacial score (nSPS) is 11.0. The molecule has 0 aliphatic carbocycles. The Labute approximate surface area is 148 Å². The van der Waals surface area contributed by atoms with Gasteiger partial charge in [0.25, 0.3) is 0 Å². The van der Waals surface area contributed by atoms with Gasteiger partial charge in [0.15, 0.2) is 11.0 Å². The summed E-state index contributed by atoms with van der Waals surface area (Å²) in [6.45, 7) is 9.93. The Morgan fingerprint density at radius 3 is 2.79 bits per heavy atom. The molecular weight excluding hydrogens is 320 g/mol. The summed E-state index contributed by atoms with van der Waals surface area (Å²) in [5, 5.41) is 12.3. The van der Waals surface area contributed by atoms with Gasteiger partial charge in [0, 0.05) is 18.7 Å². The molecule has 0 saturated carbocycles. The first-order chi connectivity index (χ1) is 11.5. The second-order valence-corrected chi connectivity index (χ2v) is 7.18. The fraction of sp³-hybridized carbons (Fsp3) is 0.500. The number of hydrogen-bond donors (Lipinski definition) is 1. The maximum absolute atomic E-state index is 11.9. The van der Waals surface area contributed by atoms with Gasteiger partial charge in [-0.05, 0) is 32.3 Å². The molecule has 6 heteroatoms. The predicted molar refractivity (Wildman–Crippen MR) is 99.1 cm³/mol. The monoisotopic (exact) mass is 346 g/mol. The van der Waals surface area contributed by atoms with Crippen molar-refractivity contribution in [1.29, 1.82) is 0 Å². The lowest BCUT2D eigenvalue weighted by Crippen LogP contribution is -2.27. The third kappa shape index (κ3) is 5.09. The number of carbonyl (C=O) groups is 1. The molecule has 1 aromatic carbocycles. The van der Waals surface area contributed by atoms with Gasteiger partial charge in [-0.3, -0.25) is 4.79 Å². The maximum atomic E-state index is 11.9. The first-order valence-electron chi connectivity index (χ1n) is 8.41. The number of amides is 1. The van der Waals surface area contributed by atoms with Crippen LogP contribution in [-0.2, 0) is 11.3 Å². The molecule has 0 saturated heterocycles. The second-order valence-electron chi connectivity index (χ2n) is 6.24. The largest absolute Gasteiger partial charge is 0.355 e. The van der Waals surface area contributed by atoms with Gasteiger partial charge in [0.2, 0.25) is 5.91 Å². The zero-order valence-corrected chi connectivity index (χ0v) is 15.7. The third-order valence-electron chi connectivity index (χ3n) is 3.69. The van der Waals surface area contributed by atoms with E-state index in [0.717, 1.165) is 36.1 Å². The molecule has 0 fully saturated rings. The summed E-state index contributed by atoms with van der Waals surface area (Å²) < 4.78 is 2.06. The van der Waals surface area contributed by atoms with E-state index < -0.39 is 0 Å². The van der Waals surface area contributed by atoms with Crippen LogP contribution >= 0.6 is 11.8 Å². The number of carbonyl (C=O) groups excluding carboxylic acids is 1. The van der Waals surface area contributed by atoms with Crippen molar-refractivity contribution >= 4 is 17.7 Å². The quantitative estimate of drug-likeness (QED) is 0.743. The van der Waals surface area contributed by atoms with Crippen LogP contribution in [0.15, 0.2) is 29.4 Å². The highest BCUT2D eigenvalue weighted by Crippen LogP contribution is 2.24. The highest BCUT2D eigenvalue weighted by atomic mass is 32.2. The second kappa shape index (κ2) is 8.87. The summed E-state index contributed by atoms with van der Waals surface area (Å²) in [5.41, 5.74) is 2.24. The van der Waals surface area contributed by atoms with Gasteiger partial charge in [-0.15, -0.1) is 10.2 Å². The van der Waals surface area contributed by atoms with Crippen LogP contribution in [0.5, 0.6) is 0 Å². The molecule has 2 rings (SSSR count). The Balaban J connectivity index is 2.00. The Morgan fingerprint density at radius 2 is 2.12 bits per heavy atom. The van der Waals surface area contributed by atoms with Crippen molar-refractivity contribution in [3.63, 3.8) is 0 Å². The maximum Gasteiger partial charge on any atom is 0.230 e. The van der Waals surface area contributed by atoms with E-state index >= 15 is 0 Å². The highest BCUT2D eigenvalue weighted by molar-refractivity contribution is 7.99. The molecule has 0 aliphatic rings. The first-order valence-corrected chi connectivity index (χ1v) is 9.39. The fourth-order valence-electron chi connectivity index (χ4n) is 2.36. The van der Waals surface area contributed by atoms with Gasteiger partial charge >= 0.3 is 0 Å². The van der Waals surface area contributed by atoms with Gasteiger partial charge in [-0.1, -0.05) is 49.4 Å². The van der Waals surface area contributed by atoms with E-state index in [9.17, 15) is 4.79 Å². The first kappa shape index (κ1) is 18.5. The van der Waals surface area contributed by atoms with Crippen molar-refractivity contribution in [2.24, 2.45) is 5.92 Å². The summed E-state index contributed by atoms with van der Waals surface area (Å²) in [6, 6.07) is 8.22. The summed E-state index contributed by atoms with van der Waals surface area (Å²) in [6.07, 6.45) is 0.999. The van der Waals surface area contributed by atoms with Crippen LogP contribution in [0.1, 0.15) is 32.8 Å². The number of aromatic nitrogens is 3. The number of hydrogen-bond acceptors (Lipinski definition) is 4. The standard InChI is InChI=1S/C18H26N4OS/c1-5-22-17(15-8-6-7-14(4)11-15)20-21-18(22)24-12-16(23)19-10-9-13(2)3/h6-8,11,13H,5,9-10,12H2,1-4H3,(H,19,23). The van der Waals surface area contributed by atoms with Crippen molar-refractivity contribution in [2.45, 2.75) is 45.8 Å². The molecule has 130 valence electrons. The molecule has 0 bridgehead atoms. The minimum atomic E-state index is 0.0448. The number of aryl methyl sites for hydroxylation is 1. The van der Waals surface area contributed by atoms with Gasteiger partial charge in [-0.2, -0.15) is 0 Å². The molecule has 2 aromatic rings. The highest BCUT2D eigenvalue weighted by Gasteiger charge is 2.14. The summed E-state index contributed by atoms with van der Waals surface area (Å²) in [7, 11) is 0. The van der Waals surface area contributed by atoms with E-state index in [1.165, 1.54) is 17.3 Å². The molecule has 1 amide bonds. The number of nitrogens with one attached hydrogen (secondary N) is 1. The minimum Gasteiger partial charge on any atom is -0.355 e. The molecule has 0 spiro atoms. The lowest BCUT2D eigenvalue weighted by Gasteiger charge is -2.09. The smallest absolute Gasteiger partial charge is 0.230 e. The number of nitrogens with zero attached hydrogens (tertiary/aromatic N) is 3. The fourth-order valence-corrected chi connectivity index (χ4v) is 3.19. The SMILES string of the molecule is CCn1c(SCC(=O)NCCC(C)C)nnc1-c1cccc(C)c1. The molecule has 0 radical (unpaired) electrons. The van der Waals surface area contributed by atoms with Crippen LogP contribution < -0.4 is 5.32 Å². The molecule has 5 nitrogen and oxygen atoms in total. The van der Waals surface area contributed by atoms with Crippen molar-refractivity contribution in [1.82, 2.24) is 20.1 Å². The van der Waals surface area contributed by atoms with Crippen molar-refractivity contribution in [3.8, 4) is 11.4 Å². The summed E-state index contributed by atoms with van der Waals surface area (Å²) >= 11 is 1.44. The molecule has 1 N–H and O–H groups in total. The Kier molecular flexibility index (Phi) is 6.85. The lowest BCUT2D eigenvalue weighted by molar-refractivity contribution is -0.118. The number of thioether (sulfide) groups is 1. The van der Waals surface area contributed by atoms with Gasteiger partial charge in [0.05, 0.1) is 5.75 Å². The van der Waals surface area contributed by atoms with Crippen LogP contribution in [0.25, 0.3) is 11.4 Å². The molecule has 0 aliphatic heterocycles. The van der Waals surface area contributed by atoms with E-state index in [1.54, 1.807) is 0 Å². The summed E-state index contributed by atoms with van der Waals surface area (Å²) in [4.78, 5) is 11.9. The van der Waals surface area contributed by atoms with Crippen LogP contribution in [0.2, 0.25) is 0 Å². The van der Waals surface area contributed by atoms with E-state index in [4.69, 9.17) is 0 Å². The number of rotatable bonds is 8. The van der Waals surface area contributed by atoms with Crippen LogP contribution in [0.4, 0.5) is 0 Å². The summed E-state index contributed by atoms with van der Waals surface area (Å²) in [5.74, 6) is 1.86. The van der Waals surface area contributed by atoms with E-state index in [1.807, 2.05) is 12.1 Å². The Bertz CT molecular complexity index is 681. The topological polar surface area (TPSA) is 59.8 Å². The zero-order valence-electron chi connectivity index (χ0n) is 14.9. The molecule has 0 atom stereocenters. The average Bonchev–Trinajstić information content (AvgIpc) is 2.95. The van der Waals surface area contributed by atoms with Gasteiger partial charge in [0.1, 0.15) is 0 Å². The van der Waals surface area contributed by atoms with Gasteiger partial charge < -0.3 is 9.88 Å². The van der Waals surface area contributed by atoms with E-state index in [-0.39, 0.29) is 5.91 Å². The molecule has 1 aromatic heterocycles. The number of benzene rings is 1. The Hall–Kier alpha value is -1.82. The average molecular weight is 347 g/mol. The van der Waals surface area contributed by atoms with Crippen molar-refractivity contribution in [2.75, 3.05) is 12.3 Å². The zero-order chi connectivity index (χ0) is 17.5. The van der Waals surface area contributed by atoms with Crippen LogP contribution in [-0.4, -0.2) is 33.0 Å².